The van der Waals surface area contributed by atoms with Gasteiger partial charge >= 0.3 is 11.9 Å². The van der Waals surface area contributed by atoms with Crippen molar-refractivity contribution in [1.29, 1.82) is 0 Å². The summed E-state index contributed by atoms with van der Waals surface area (Å²) in [6.45, 7) is 0. The first kappa shape index (κ1) is 21.5. The number of methoxy groups -OCH3 is 2. The van der Waals surface area contributed by atoms with Crippen molar-refractivity contribution in [2.45, 2.75) is 12.0 Å². The maximum absolute atomic E-state index is 12.4. The monoisotopic (exact) mass is 402 g/mol. The first-order valence-electron chi connectivity index (χ1n) is 8.40. The number of nitrogens with zero attached hydrogens (tertiary/aromatic N) is 2. The Morgan fingerprint density at radius 3 is 1.90 bits per heavy atom. The summed E-state index contributed by atoms with van der Waals surface area (Å²) < 4.78 is 9.37. The molecule has 152 valence electrons. The van der Waals surface area contributed by atoms with Crippen molar-refractivity contribution in [2.75, 3.05) is 14.2 Å². The minimum atomic E-state index is -1.71. The van der Waals surface area contributed by atoms with Crippen LogP contribution in [0.15, 0.2) is 54.6 Å². The van der Waals surface area contributed by atoms with E-state index >= 15 is 0 Å². The van der Waals surface area contributed by atoms with Crippen LogP contribution in [0.25, 0.3) is 0 Å². The van der Waals surface area contributed by atoms with Crippen LogP contribution in [-0.4, -0.2) is 36.0 Å². The average molecular weight is 402 g/mol. The number of nitro groups is 2. The number of benzene rings is 2. The number of carbonyl (C=O) groups excluding carboxylic acids is 2. The lowest BCUT2D eigenvalue weighted by molar-refractivity contribution is -0.534. The van der Waals surface area contributed by atoms with Gasteiger partial charge in [0.05, 0.1) is 25.1 Å². The number of carbonyl (C=O) groups is 2. The van der Waals surface area contributed by atoms with Crippen LogP contribution >= 0.6 is 0 Å². The molecule has 0 N–H and O–H groups in total. The predicted molar refractivity (Wildman–Crippen MR) is 99.5 cm³/mol. The van der Waals surface area contributed by atoms with E-state index in [-0.39, 0.29) is 16.8 Å². The summed E-state index contributed by atoms with van der Waals surface area (Å²) in [5.74, 6) is -5.21. The third-order valence-electron chi connectivity index (χ3n) is 4.44. The lowest BCUT2D eigenvalue weighted by Crippen LogP contribution is -2.37. The van der Waals surface area contributed by atoms with Crippen molar-refractivity contribution in [3.8, 4) is 0 Å². The molecule has 29 heavy (non-hydrogen) atoms. The fourth-order valence-corrected chi connectivity index (χ4v) is 3.16. The van der Waals surface area contributed by atoms with Gasteiger partial charge in [0.15, 0.2) is 5.92 Å². The molecule has 0 radical (unpaired) electrons. The van der Waals surface area contributed by atoms with Gasteiger partial charge in [0, 0.05) is 22.6 Å². The van der Waals surface area contributed by atoms with Crippen molar-refractivity contribution >= 4 is 17.6 Å². The van der Waals surface area contributed by atoms with Gasteiger partial charge in [0.25, 0.3) is 5.69 Å². The van der Waals surface area contributed by atoms with Gasteiger partial charge in [0.1, 0.15) is 0 Å². The number of hydrogen-bond donors (Lipinski definition) is 0. The molecule has 0 saturated carbocycles. The Morgan fingerprint density at radius 2 is 1.41 bits per heavy atom. The second kappa shape index (κ2) is 9.40. The van der Waals surface area contributed by atoms with Crippen molar-refractivity contribution in [1.82, 2.24) is 0 Å². The van der Waals surface area contributed by atoms with Crippen molar-refractivity contribution in [3.05, 3.63) is 86.0 Å². The van der Waals surface area contributed by atoms with Gasteiger partial charge in [0.2, 0.25) is 6.04 Å². The maximum Gasteiger partial charge on any atom is 0.320 e. The zero-order chi connectivity index (χ0) is 21.6. The van der Waals surface area contributed by atoms with E-state index in [0.29, 0.717) is 0 Å². The van der Waals surface area contributed by atoms with E-state index in [4.69, 9.17) is 0 Å². The van der Waals surface area contributed by atoms with Crippen LogP contribution in [0.4, 0.5) is 5.69 Å². The number of nitro benzene ring substituents is 1. The van der Waals surface area contributed by atoms with Gasteiger partial charge in [-0.1, -0.05) is 42.5 Å². The second-order valence-electron chi connectivity index (χ2n) is 6.04. The third-order valence-corrected chi connectivity index (χ3v) is 4.44. The van der Waals surface area contributed by atoms with Crippen LogP contribution in [0.3, 0.4) is 0 Å². The molecule has 2 rings (SSSR count). The molecule has 10 heteroatoms. The zero-order valence-electron chi connectivity index (χ0n) is 15.6. The molecule has 0 unspecified atom stereocenters. The Balaban J connectivity index is 2.77. The van der Waals surface area contributed by atoms with Gasteiger partial charge in [-0.25, -0.2) is 0 Å². The Labute approximate surface area is 165 Å². The summed E-state index contributed by atoms with van der Waals surface area (Å²) >= 11 is 0. The molecular formula is C19H18N2O8. The minimum absolute atomic E-state index is 0.0607. The Hall–Kier alpha value is -3.82. The lowest BCUT2D eigenvalue weighted by atomic mass is 9.77. The first-order valence-corrected chi connectivity index (χ1v) is 8.40. The molecule has 2 aromatic rings. The fraction of sp³-hybridized carbons (Fsp3) is 0.263. The van der Waals surface area contributed by atoms with Crippen LogP contribution in [0.1, 0.15) is 23.1 Å². The van der Waals surface area contributed by atoms with Crippen LogP contribution in [-0.2, 0) is 19.1 Å². The SMILES string of the molecule is COC(=O)C(C(=O)OC)[C@@H](c1cccc([N+](=O)[O-])c1)[C@@H](c1ccccc1)[N+](=O)[O-]. The smallest absolute Gasteiger partial charge is 0.320 e. The average Bonchev–Trinajstić information content (AvgIpc) is 2.73. The van der Waals surface area contributed by atoms with Crippen molar-refractivity contribution < 1.29 is 28.9 Å². The Bertz CT molecular complexity index is 899. The van der Waals surface area contributed by atoms with E-state index in [1.54, 1.807) is 18.2 Å². The number of non-ortho nitro benzene ring substituents is 1. The van der Waals surface area contributed by atoms with Gasteiger partial charge < -0.3 is 9.47 Å². The maximum atomic E-state index is 12.4. The van der Waals surface area contributed by atoms with Gasteiger partial charge in [-0.15, -0.1) is 0 Å². The molecule has 0 aliphatic heterocycles. The molecule has 0 aromatic heterocycles. The van der Waals surface area contributed by atoms with Crippen LogP contribution in [0, 0.1) is 26.1 Å². The summed E-state index contributed by atoms with van der Waals surface area (Å²) in [5, 5.41) is 23.2. The highest BCUT2D eigenvalue weighted by molar-refractivity contribution is 5.96. The highest BCUT2D eigenvalue weighted by Crippen LogP contribution is 2.41. The molecule has 0 heterocycles. The van der Waals surface area contributed by atoms with E-state index in [1.165, 1.54) is 30.3 Å². The topological polar surface area (TPSA) is 139 Å². The Kier molecular flexibility index (Phi) is 6.96. The minimum Gasteiger partial charge on any atom is -0.468 e. The second-order valence-corrected chi connectivity index (χ2v) is 6.04. The van der Waals surface area contributed by atoms with E-state index < -0.39 is 39.7 Å². The summed E-state index contributed by atoms with van der Waals surface area (Å²) in [4.78, 5) is 46.8. The van der Waals surface area contributed by atoms with Crippen LogP contribution < -0.4 is 0 Å². The largest absolute Gasteiger partial charge is 0.468 e. The molecule has 0 bridgehead atoms. The molecule has 10 nitrogen and oxygen atoms in total. The van der Waals surface area contributed by atoms with E-state index in [9.17, 15) is 29.8 Å². The molecule has 0 spiro atoms. The van der Waals surface area contributed by atoms with Gasteiger partial charge in [-0.05, 0) is 5.56 Å². The number of hydrogen-bond acceptors (Lipinski definition) is 8. The summed E-state index contributed by atoms with van der Waals surface area (Å²) in [6, 6.07) is 11.2. The summed E-state index contributed by atoms with van der Waals surface area (Å²) in [7, 11) is 2.07. The summed E-state index contributed by atoms with van der Waals surface area (Å²) in [5.41, 5.74) is -0.0616. The number of esters is 2. The van der Waals surface area contributed by atoms with Gasteiger partial charge in [-0.2, -0.15) is 0 Å². The first-order chi connectivity index (χ1) is 13.8. The molecule has 0 aliphatic rings. The highest BCUT2D eigenvalue weighted by atomic mass is 16.6. The fourth-order valence-electron chi connectivity index (χ4n) is 3.16. The molecular weight excluding hydrogens is 384 g/mol. The molecule has 2 aromatic carbocycles. The van der Waals surface area contributed by atoms with Crippen LogP contribution in [0.5, 0.6) is 0 Å². The normalized spacial score (nSPS) is 12.7. The quantitative estimate of drug-likeness (QED) is 0.284. The summed E-state index contributed by atoms with van der Waals surface area (Å²) in [6.07, 6.45) is 0. The predicted octanol–water partition coefficient (Wildman–Crippen LogP) is 2.66. The van der Waals surface area contributed by atoms with E-state index in [1.807, 2.05) is 0 Å². The van der Waals surface area contributed by atoms with E-state index in [2.05, 4.69) is 9.47 Å². The molecule has 0 amide bonds. The zero-order valence-corrected chi connectivity index (χ0v) is 15.6. The van der Waals surface area contributed by atoms with Gasteiger partial charge in [-0.3, -0.25) is 29.8 Å². The molecule has 0 saturated heterocycles. The third kappa shape index (κ3) is 4.72. The number of rotatable bonds is 8. The molecule has 2 atom stereocenters. The van der Waals surface area contributed by atoms with E-state index in [0.717, 1.165) is 20.3 Å². The van der Waals surface area contributed by atoms with Crippen molar-refractivity contribution in [3.63, 3.8) is 0 Å². The molecule has 0 aliphatic carbocycles. The highest BCUT2D eigenvalue weighted by Gasteiger charge is 2.48. The standard InChI is InChI=1S/C19H18N2O8/c1-28-18(22)16(19(23)29-2)15(13-9-6-10-14(11-13)20(24)25)17(21(26)27)12-7-4-3-5-8-12/h3-11,15-17H,1-2H3/t15-,17-/m1/s1. The van der Waals surface area contributed by atoms with Crippen LogP contribution in [0.2, 0.25) is 0 Å². The number of ether oxygens (including phenoxy) is 2. The lowest BCUT2D eigenvalue weighted by Gasteiger charge is -2.26. The van der Waals surface area contributed by atoms with Crippen molar-refractivity contribution in [2.24, 2.45) is 5.92 Å². The molecule has 0 fully saturated rings. The Morgan fingerprint density at radius 1 is 0.862 bits per heavy atom.